The van der Waals surface area contributed by atoms with E-state index in [2.05, 4.69) is 9.97 Å². The molecule has 2 aromatic carbocycles. The second-order valence-corrected chi connectivity index (χ2v) is 6.88. The fraction of sp³-hybridized carbons (Fsp3) is 0.143. The lowest BCUT2D eigenvalue weighted by Crippen LogP contribution is -2.06. The van der Waals surface area contributed by atoms with Crippen LogP contribution in [-0.4, -0.2) is 23.2 Å². The summed E-state index contributed by atoms with van der Waals surface area (Å²) in [4.78, 5) is 9.37. The fourth-order valence-electron chi connectivity index (χ4n) is 2.75. The Labute approximate surface area is 164 Å². The molecule has 0 bridgehead atoms. The summed E-state index contributed by atoms with van der Waals surface area (Å²) in [6.45, 7) is 0.848. The molecule has 28 heavy (non-hydrogen) atoms. The lowest BCUT2D eigenvalue weighted by atomic mass is 10.1. The van der Waals surface area contributed by atoms with Gasteiger partial charge in [0.1, 0.15) is 28.5 Å². The Kier molecular flexibility index (Phi) is 5.43. The molecular weight excluding hydrogens is 382 g/mol. The third-order valence-corrected chi connectivity index (χ3v) is 4.99. The van der Waals surface area contributed by atoms with Gasteiger partial charge in [-0.05, 0) is 42.0 Å². The van der Waals surface area contributed by atoms with Crippen LogP contribution in [0.1, 0.15) is 6.42 Å². The number of fused-ring (bicyclic) bond motifs is 1. The molecule has 0 N–H and O–H groups in total. The zero-order valence-electron chi connectivity index (χ0n) is 14.8. The van der Waals surface area contributed by atoms with Gasteiger partial charge >= 0.3 is 0 Å². The zero-order chi connectivity index (χ0) is 19.3. The highest BCUT2D eigenvalue weighted by atomic mass is 32.1. The Morgan fingerprint density at radius 2 is 1.50 bits per heavy atom. The lowest BCUT2D eigenvalue weighted by Gasteiger charge is -2.09. The molecule has 0 aliphatic carbocycles. The first kappa shape index (κ1) is 18.3. The first-order valence-electron chi connectivity index (χ1n) is 8.70. The van der Waals surface area contributed by atoms with E-state index in [1.165, 1.54) is 41.9 Å². The maximum absolute atomic E-state index is 13.2. The van der Waals surface area contributed by atoms with Gasteiger partial charge in [0.05, 0.1) is 18.6 Å². The van der Waals surface area contributed by atoms with Gasteiger partial charge in [0.2, 0.25) is 5.88 Å². The third-order valence-electron chi connectivity index (χ3n) is 4.10. The molecule has 0 spiro atoms. The van der Waals surface area contributed by atoms with Crippen molar-refractivity contribution in [1.82, 2.24) is 9.97 Å². The quantitative estimate of drug-likeness (QED) is 0.387. The molecule has 0 radical (unpaired) electrons. The molecule has 0 saturated carbocycles. The number of aromatic nitrogens is 2. The minimum absolute atomic E-state index is 0.280. The first-order chi connectivity index (χ1) is 13.7. The minimum atomic E-state index is -0.295. The van der Waals surface area contributed by atoms with Crippen molar-refractivity contribution in [1.29, 1.82) is 0 Å². The van der Waals surface area contributed by atoms with Crippen LogP contribution in [0.5, 0.6) is 11.6 Å². The summed E-state index contributed by atoms with van der Waals surface area (Å²) in [5.74, 6) is 0.531. The van der Waals surface area contributed by atoms with Crippen molar-refractivity contribution in [2.75, 3.05) is 13.2 Å². The summed E-state index contributed by atoms with van der Waals surface area (Å²) >= 11 is 1.49. The highest BCUT2D eigenvalue weighted by molar-refractivity contribution is 7.17. The second kappa shape index (κ2) is 8.31. The molecule has 0 unspecified atom stereocenters. The number of nitrogens with zero attached hydrogens (tertiary/aromatic N) is 2. The van der Waals surface area contributed by atoms with E-state index in [9.17, 15) is 8.78 Å². The summed E-state index contributed by atoms with van der Waals surface area (Å²) in [7, 11) is 0. The molecule has 7 heteroatoms. The van der Waals surface area contributed by atoms with E-state index < -0.39 is 0 Å². The molecule has 4 aromatic rings. The van der Waals surface area contributed by atoms with E-state index in [4.69, 9.17) is 9.47 Å². The van der Waals surface area contributed by atoms with Crippen LogP contribution in [0.3, 0.4) is 0 Å². The molecule has 2 heterocycles. The Morgan fingerprint density at radius 3 is 2.25 bits per heavy atom. The Morgan fingerprint density at radius 1 is 0.821 bits per heavy atom. The highest BCUT2D eigenvalue weighted by Gasteiger charge is 2.14. The molecule has 0 aliphatic heterocycles. The summed E-state index contributed by atoms with van der Waals surface area (Å²) < 4.78 is 37.5. The van der Waals surface area contributed by atoms with Crippen LogP contribution in [-0.2, 0) is 0 Å². The number of ether oxygens (including phenoxy) is 2. The van der Waals surface area contributed by atoms with E-state index >= 15 is 0 Å². The number of hydrogen-bond acceptors (Lipinski definition) is 5. The largest absolute Gasteiger partial charge is 0.493 e. The summed E-state index contributed by atoms with van der Waals surface area (Å²) in [6.07, 6.45) is 2.11. The molecule has 4 rings (SSSR count). The van der Waals surface area contributed by atoms with E-state index in [0.29, 0.717) is 31.3 Å². The molecule has 2 aromatic heterocycles. The molecule has 4 nitrogen and oxygen atoms in total. The topological polar surface area (TPSA) is 44.2 Å². The zero-order valence-corrected chi connectivity index (χ0v) is 15.6. The van der Waals surface area contributed by atoms with Crippen LogP contribution in [0.4, 0.5) is 8.78 Å². The third kappa shape index (κ3) is 4.09. The van der Waals surface area contributed by atoms with Gasteiger partial charge < -0.3 is 9.47 Å². The minimum Gasteiger partial charge on any atom is -0.493 e. The maximum Gasteiger partial charge on any atom is 0.225 e. The number of hydrogen-bond donors (Lipinski definition) is 0. The van der Waals surface area contributed by atoms with Crippen LogP contribution in [0, 0.1) is 11.6 Å². The second-order valence-electron chi connectivity index (χ2n) is 6.02. The predicted molar refractivity (Wildman–Crippen MR) is 105 cm³/mol. The summed E-state index contributed by atoms with van der Waals surface area (Å²) in [5, 5.41) is 2.79. The summed E-state index contributed by atoms with van der Waals surface area (Å²) in [6, 6.07) is 12.2. The smallest absolute Gasteiger partial charge is 0.225 e. The van der Waals surface area contributed by atoms with Gasteiger partial charge in [0.25, 0.3) is 0 Å². The Hall–Kier alpha value is -3.06. The molecule has 0 aliphatic rings. The van der Waals surface area contributed by atoms with Crippen molar-refractivity contribution in [2.24, 2.45) is 0 Å². The van der Waals surface area contributed by atoms with Gasteiger partial charge in [-0.15, -0.1) is 11.3 Å². The average molecular weight is 398 g/mol. The van der Waals surface area contributed by atoms with Gasteiger partial charge in [-0.1, -0.05) is 12.1 Å². The van der Waals surface area contributed by atoms with Crippen molar-refractivity contribution >= 4 is 21.6 Å². The number of benzene rings is 2. The normalized spacial score (nSPS) is 10.9. The van der Waals surface area contributed by atoms with Crippen molar-refractivity contribution in [3.8, 4) is 22.8 Å². The van der Waals surface area contributed by atoms with Crippen molar-refractivity contribution in [3.63, 3.8) is 0 Å². The van der Waals surface area contributed by atoms with Crippen molar-refractivity contribution in [2.45, 2.75) is 6.42 Å². The van der Waals surface area contributed by atoms with Crippen LogP contribution >= 0.6 is 11.3 Å². The number of halogens is 2. The Bertz CT molecular complexity index is 1070. The molecule has 0 amide bonds. The van der Waals surface area contributed by atoms with Gasteiger partial charge in [-0.3, -0.25) is 0 Å². The molecular formula is C21H16F2N2O2S. The van der Waals surface area contributed by atoms with E-state index in [-0.39, 0.29) is 11.6 Å². The molecule has 0 atom stereocenters. The monoisotopic (exact) mass is 398 g/mol. The molecule has 142 valence electrons. The van der Waals surface area contributed by atoms with Crippen LogP contribution in [0.25, 0.3) is 21.3 Å². The van der Waals surface area contributed by atoms with Crippen molar-refractivity contribution in [3.05, 3.63) is 71.9 Å². The fourth-order valence-corrected chi connectivity index (χ4v) is 3.65. The first-order valence-corrected chi connectivity index (χ1v) is 9.58. The lowest BCUT2D eigenvalue weighted by molar-refractivity contribution is 0.244. The van der Waals surface area contributed by atoms with Crippen LogP contribution in [0.2, 0.25) is 0 Å². The standard InChI is InChI=1S/C21H16F2N2O2S/c22-15-4-2-14(3-5-15)18-12-28-21-19(18)20(24-13-25-21)27-11-1-10-26-17-8-6-16(23)7-9-17/h2-9,12-13H,1,10-11H2. The van der Waals surface area contributed by atoms with Crippen LogP contribution in [0.15, 0.2) is 60.2 Å². The average Bonchev–Trinajstić information content (AvgIpc) is 3.15. The van der Waals surface area contributed by atoms with Gasteiger partial charge in [0, 0.05) is 17.4 Å². The predicted octanol–water partition coefficient (Wildman–Crippen LogP) is 5.48. The van der Waals surface area contributed by atoms with Gasteiger partial charge in [-0.25, -0.2) is 18.7 Å². The van der Waals surface area contributed by atoms with Crippen molar-refractivity contribution < 1.29 is 18.3 Å². The Balaban J connectivity index is 1.43. The highest BCUT2D eigenvalue weighted by Crippen LogP contribution is 2.37. The van der Waals surface area contributed by atoms with E-state index in [0.717, 1.165) is 21.3 Å². The van der Waals surface area contributed by atoms with E-state index in [1.54, 1.807) is 24.3 Å². The maximum atomic E-state index is 13.2. The van der Waals surface area contributed by atoms with Crippen LogP contribution < -0.4 is 9.47 Å². The van der Waals surface area contributed by atoms with Gasteiger partial charge in [0.15, 0.2) is 0 Å². The summed E-state index contributed by atoms with van der Waals surface area (Å²) in [5.41, 5.74) is 1.80. The van der Waals surface area contributed by atoms with E-state index in [1.807, 2.05) is 5.38 Å². The number of thiophene rings is 1. The molecule has 0 fully saturated rings. The molecule has 0 saturated heterocycles. The number of rotatable bonds is 7. The van der Waals surface area contributed by atoms with Gasteiger partial charge in [-0.2, -0.15) is 0 Å². The SMILES string of the molecule is Fc1ccc(OCCCOc2ncnc3scc(-c4ccc(F)cc4)c23)cc1.